The van der Waals surface area contributed by atoms with Crippen LogP contribution in [0.5, 0.6) is 0 Å². The molecule has 6 nitrogen and oxygen atoms in total. The highest BCUT2D eigenvalue weighted by molar-refractivity contribution is 7.13. The normalized spacial score (nSPS) is 12.1. The number of carboxylic acids is 1. The molecular weight excluding hydrogens is 292 g/mol. The van der Waals surface area contributed by atoms with Crippen molar-refractivity contribution < 1.29 is 19.1 Å². The number of aromatic nitrogens is 1. The largest absolute Gasteiger partial charge is 0.481 e. The number of nitrogens with zero attached hydrogens (tertiary/aromatic N) is 1. The van der Waals surface area contributed by atoms with Crippen molar-refractivity contribution in [2.45, 2.75) is 32.7 Å². The molecule has 2 heterocycles. The summed E-state index contributed by atoms with van der Waals surface area (Å²) < 4.78 is 5.46. The van der Waals surface area contributed by atoms with E-state index in [9.17, 15) is 9.59 Å². The van der Waals surface area contributed by atoms with Crippen molar-refractivity contribution >= 4 is 23.2 Å². The first kappa shape index (κ1) is 15.2. The van der Waals surface area contributed by atoms with Crippen molar-refractivity contribution in [2.24, 2.45) is 0 Å². The summed E-state index contributed by atoms with van der Waals surface area (Å²) in [4.78, 5) is 26.7. The second-order valence-corrected chi connectivity index (χ2v) is 5.61. The number of aliphatic carboxylic acids is 1. The number of aryl methyl sites for hydroxylation is 1. The Morgan fingerprint density at radius 2 is 2.24 bits per heavy atom. The van der Waals surface area contributed by atoms with Gasteiger partial charge in [0.15, 0.2) is 10.8 Å². The molecule has 1 atom stereocenters. The van der Waals surface area contributed by atoms with Crippen molar-refractivity contribution in [3.63, 3.8) is 0 Å². The molecule has 1 unspecified atom stereocenters. The van der Waals surface area contributed by atoms with E-state index in [4.69, 9.17) is 9.52 Å². The number of amides is 1. The van der Waals surface area contributed by atoms with Gasteiger partial charge in [-0.1, -0.05) is 0 Å². The van der Waals surface area contributed by atoms with Gasteiger partial charge in [0.1, 0.15) is 11.5 Å². The summed E-state index contributed by atoms with van der Waals surface area (Å²) in [7, 11) is 0. The Balaban J connectivity index is 1.97. The molecule has 0 bridgehead atoms. The van der Waals surface area contributed by atoms with Crippen LogP contribution in [0.1, 0.15) is 36.0 Å². The van der Waals surface area contributed by atoms with Crippen LogP contribution in [0.2, 0.25) is 0 Å². The molecule has 21 heavy (non-hydrogen) atoms. The number of thiazole rings is 1. The van der Waals surface area contributed by atoms with Gasteiger partial charge < -0.3 is 14.8 Å². The highest BCUT2D eigenvalue weighted by atomic mass is 32.1. The van der Waals surface area contributed by atoms with Gasteiger partial charge in [-0.15, -0.1) is 11.3 Å². The van der Waals surface area contributed by atoms with Crippen molar-refractivity contribution in [3.05, 3.63) is 29.0 Å². The lowest BCUT2D eigenvalue weighted by molar-refractivity contribution is -0.137. The van der Waals surface area contributed by atoms with Crippen LogP contribution in [0.4, 0.5) is 0 Å². The smallest absolute Gasteiger partial charge is 0.303 e. The van der Waals surface area contributed by atoms with E-state index in [1.54, 1.807) is 12.3 Å². The summed E-state index contributed by atoms with van der Waals surface area (Å²) in [6.07, 6.45) is 0.408. The van der Waals surface area contributed by atoms with Crippen LogP contribution in [0.3, 0.4) is 0 Å². The van der Waals surface area contributed by atoms with E-state index in [1.165, 1.54) is 11.3 Å². The molecule has 2 aromatic heterocycles. The van der Waals surface area contributed by atoms with Crippen LogP contribution in [0.15, 0.2) is 21.9 Å². The van der Waals surface area contributed by atoms with Gasteiger partial charge in [-0.05, 0) is 32.4 Å². The Kier molecular flexibility index (Phi) is 4.74. The van der Waals surface area contributed by atoms with Crippen LogP contribution in [-0.4, -0.2) is 28.0 Å². The molecule has 2 N–H and O–H groups in total. The Hall–Kier alpha value is -2.15. The van der Waals surface area contributed by atoms with Crippen molar-refractivity contribution in [1.82, 2.24) is 10.3 Å². The highest BCUT2D eigenvalue weighted by Crippen LogP contribution is 2.25. The first-order valence-electron chi connectivity index (χ1n) is 6.50. The van der Waals surface area contributed by atoms with Gasteiger partial charge in [-0.25, -0.2) is 4.98 Å². The first-order chi connectivity index (χ1) is 9.95. The Bertz CT molecular complexity index is 647. The molecule has 0 aliphatic carbocycles. The minimum Gasteiger partial charge on any atom is -0.481 e. The molecule has 0 aliphatic rings. The maximum Gasteiger partial charge on any atom is 0.303 e. The van der Waals surface area contributed by atoms with Crippen LogP contribution < -0.4 is 5.32 Å². The molecule has 0 saturated heterocycles. The number of nitrogens with one attached hydrogen (secondary N) is 1. The minimum absolute atomic E-state index is 0.0232. The maximum absolute atomic E-state index is 12.0. The molecule has 0 fully saturated rings. The quantitative estimate of drug-likeness (QED) is 0.856. The SMILES string of the molecule is Cc1ccc(-c2nc(C(=O)NC(C)CCC(=O)O)cs2)o1. The zero-order valence-corrected chi connectivity index (χ0v) is 12.6. The zero-order chi connectivity index (χ0) is 15.4. The summed E-state index contributed by atoms with van der Waals surface area (Å²) in [6.45, 7) is 3.61. The third-order valence-corrected chi connectivity index (χ3v) is 3.71. The predicted molar refractivity (Wildman–Crippen MR) is 78.4 cm³/mol. The van der Waals surface area contributed by atoms with E-state index in [0.29, 0.717) is 22.9 Å². The molecule has 0 aliphatic heterocycles. The fourth-order valence-electron chi connectivity index (χ4n) is 1.75. The fourth-order valence-corrected chi connectivity index (χ4v) is 2.51. The van der Waals surface area contributed by atoms with E-state index >= 15 is 0 Å². The van der Waals surface area contributed by atoms with Crippen LogP contribution in [0, 0.1) is 6.92 Å². The van der Waals surface area contributed by atoms with E-state index in [-0.39, 0.29) is 18.4 Å². The van der Waals surface area contributed by atoms with Gasteiger partial charge in [-0.3, -0.25) is 9.59 Å². The standard InChI is InChI=1S/C14H16N2O4S/c1-8(3-6-12(17)18)15-13(19)10-7-21-14(16-10)11-5-4-9(2)20-11/h4-5,7-8H,3,6H2,1-2H3,(H,15,19)(H,17,18). The second-order valence-electron chi connectivity index (χ2n) is 4.76. The van der Waals surface area contributed by atoms with Crippen molar-refractivity contribution in [2.75, 3.05) is 0 Å². The lowest BCUT2D eigenvalue weighted by Gasteiger charge is -2.11. The van der Waals surface area contributed by atoms with E-state index in [2.05, 4.69) is 10.3 Å². The number of carbonyl (C=O) groups excluding carboxylic acids is 1. The Morgan fingerprint density at radius 3 is 2.86 bits per heavy atom. The number of carboxylic acid groups (broad SMARTS) is 1. The molecule has 2 aromatic rings. The molecule has 0 saturated carbocycles. The van der Waals surface area contributed by atoms with Crippen molar-refractivity contribution in [3.8, 4) is 10.8 Å². The van der Waals surface area contributed by atoms with Gasteiger partial charge in [0.2, 0.25) is 0 Å². The monoisotopic (exact) mass is 308 g/mol. The molecule has 0 radical (unpaired) electrons. The number of furan rings is 1. The average molecular weight is 308 g/mol. The molecule has 1 amide bonds. The van der Waals surface area contributed by atoms with Gasteiger partial charge >= 0.3 is 5.97 Å². The maximum atomic E-state index is 12.0. The third-order valence-electron chi connectivity index (χ3n) is 2.86. The van der Waals surface area contributed by atoms with Gasteiger partial charge in [0.25, 0.3) is 5.91 Å². The topological polar surface area (TPSA) is 92.4 Å². The van der Waals surface area contributed by atoms with Gasteiger partial charge in [-0.2, -0.15) is 0 Å². The molecule has 2 rings (SSSR count). The summed E-state index contributed by atoms with van der Waals surface area (Å²) >= 11 is 1.33. The zero-order valence-electron chi connectivity index (χ0n) is 11.8. The van der Waals surface area contributed by atoms with Gasteiger partial charge in [0, 0.05) is 17.8 Å². The third kappa shape index (κ3) is 4.16. The molecule has 7 heteroatoms. The van der Waals surface area contributed by atoms with Gasteiger partial charge in [0.05, 0.1) is 0 Å². The molecule has 0 spiro atoms. The summed E-state index contributed by atoms with van der Waals surface area (Å²) in [6, 6.07) is 3.43. The molecule has 112 valence electrons. The number of carbonyl (C=O) groups is 2. The number of hydrogen-bond acceptors (Lipinski definition) is 5. The average Bonchev–Trinajstić information content (AvgIpc) is 3.04. The van der Waals surface area contributed by atoms with Crippen LogP contribution in [-0.2, 0) is 4.79 Å². The number of rotatable bonds is 6. The summed E-state index contributed by atoms with van der Waals surface area (Å²) in [5.41, 5.74) is 0.311. The predicted octanol–water partition coefficient (Wildman–Crippen LogP) is 2.69. The summed E-state index contributed by atoms with van der Waals surface area (Å²) in [5, 5.41) is 13.6. The van der Waals surface area contributed by atoms with E-state index in [1.807, 2.05) is 19.1 Å². The van der Waals surface area contributed by atoms with E-state index in [0.717, 1.165) is 5.76 Å². The molecular formula is C14H16N2O4S. The number of hydrogen-bond donors (Lipinski definition) is 2. The van der Waals surface area contributed by atoms with Crippen LogP contribution in [0.25, 0.3) is 10.8 Å². The summed E-state index contributed by atoms with van der Waals surface area (Å²) in [5.74, 6) is 0.239. The van der Waals surface area contributed by atoms with Crippen molar-refractivity contribution in [1.29, 1.82) is 0 Å². The second kappa shape index (κ2) is 6.53. The fraction of sp³-hybridized carbons (Fsp3) is 0.357. The van der Waals surface area contributed by atoms with E-state index < -0.39 is 5.97 Å². The lowest BCUT2D eigenvalue weighted by Crippen LogP contribution is -2.33. The first-order valence-corrected chi connectivity index (χ1v) is 7.38. The Morgan fingerprint density at radius 1 is 1.48 bits per heavy atom. The molecule has 0 aromatic carbocycles. The van der Waals surface area contributed by atoms with Crippen LogP contribution >= 0.6 is 11.3 Å². The highest BCUT2D eigenvalue weighted by Gasteiger charge is 2.16. The Labute approximate surface area is 125 Å². The minimum atomic E-state index is -0.875. The lowest BCUT2D eigenvalue weighted by atomic mass is 10.2.